The highest BCUT2D eigenvalue weighted by atomic mass is 19.4. The van der Waals surface area contributed by atoms with Gasteiger partial charge in [-0.1, -0.05) is 6.07 Å². The maximum absolute atomic E-state index is 12.8. The molecule has 142 valence electrons. The van der Waals surface area contributed by atoms with Crippen molar-refractivity contribution < 1.29 is 27.9 Å². The van der Waals surface area contributed by atoms with E-state index in [1.54, 1.807) is 6.07 Å². The molecule has 1 aliphatic carbocycles. The summed E-state index contributed by atoms with van der Waals surface area (Å²) in [4.78, 5) is 30.4. The van der Waals surface area contributed by atoms with Gasteiger partial charge in [0.1, 0.15) is 5.69 Å². The number of primary amides is 1. The number of carboxylic acids is 1. The Hall–Kier alpha value is -3.17. The van der Waals surface area contributed by atoms with Crippen molar-refractivity contribution in [3.8, 4) is 0 Å². The van der Waals surface area contributed by atoms with Gasteiger partial charge in [0.15, 0.2) is 0 Å². The summed E-state index contributed by atoms with van der Waals surface area (Å²) in [5.41, 5.74) is 5.31. The predicted octanol–water partition coefficient (Wildman–Crippen LogP) is 2.26. The number of carboxylic acid groups (broad SMARTS) is 1. The summed E-state index contributed by atoms with van der Waals surface area (Å²) in [6.07, 6.45) is -2.31. The van der Waals surface area contributed by atoms with E-state index in [-0.39, 0.29) is 29.5 Å². The molecule has 1 aliphatic rings. The molecule has 0 saturated carbocycles. The second-order valence-electron chi connectivity index (χ2n) is 6.14. The summed E-state index contributed by atoms with van der Waals surface area (Å²) in [7, 11) is 0. The van der Waals surface area contributed by atoms with Gasteiger partial charge in [0.2, 0.25) is 11.9 Å². The number of nitrogens with two attached hydrogens (primary N) is 1. The van der Waals surface area contributed by atoms with Gasteiger partial charge in [0, 0.05) is 12.2 Å². The van der Waals surface area contributed by atoms with Crippen molar-refractivity contribution in [3.05, 3.63) is 52.3 Å². The Labute approximate surface area is 151 Å². The lowest BCUT2D eigenvalue weighted by atomic mass is 9.83. The normalized spacial score (nSPS) is 16.5. The molecule has 4 N–H and O–H groups in total. The summed E-state index contributed by atoms with van der Waals surface area (Å²) < 4.78 is 38.3. The van der Waals surface area contributed by atoms with Crippen LogP contribution in [-0.2, 0) is 19.0 Å². The van der Waals surface area contributed by atoms with E-state index in [0.717, 1.165) is 17.8 Å². The van der Waals surface area contributed by atoms with Crippen LogP contribution in [0.2, 0.25) is 0 Å². The van der Waals surface area contributed by atoms with Crippen molar-refractivity contribution in [2.45, 2.75) is 31.5 Å². The third kappa shape index (κ3) is 3.83. The zero-order chi connectivity index (χ0) is 19.8. The fourth-order valence-electron chi connectivity index (χ4n) is 3.19. The molecule has 0 aliphatic heterocycles. The van der Waals surface area contributed by atoms with Crippen LogP contribution in [0.25, 0.3) is 0 Å². The molecule has 2 aromatic rings. The van der Waals surface area contributed by atoms with Crippen molar-refractivity contribution in [2.24, 2.45) is 5.73 Å². The topological polar surface area (TPSA) is 118 Å². The molecular formula is C17H15F3N4O3. The van der Waals surface area contributed by atoms with Gasteiger partial charge >= 0.3 is 12.1 Å². The second-order valence-corrected chi connectivity index (χ2v) is 6.14. The Morgan fingerprint density at radius 2 is 2.00 bits per heavy atom. The zero-order valence-electron chi connectivity index (χ0n) is 13.9. The molecular weight excluding hydrogens is 365 g/mol. The lowest BCUT2D eigenvalue weighted by Crippen LogP contribution is -2.31. The van der Waals surface area contributed by atoms with Crippen molar-refractivity contribution >= 4 is 17.8 Å². The zero-order valence-corrected chi connectivity index (χ0v) is 13.9. The fourth-order valence-corrected chi connectivity index (χ4v) is 3.19. The molecule has 0 fully saturated rings. The number of nitrogens with zero attached hydrogens (tertiary/aromatic N) is 2. The highest BCUT2D eigenvalue weighted by Crippen LogP contribution is 2.30. The number of alkyl halides is 3. The molecule has 1 amide bonds. The Balaban J connectivity index is 1.89. The number of aromatic nitrogens is 2. The minimum atomic E-state index is -4.59. The van der Waals surface area contributed by atoms with Crippen LogP contribution < -0.4 is 11.1 Å². The van der Waals surface area contributed by atoms with Gasteiger partial charge in [-0.3, -0.25) is 4.79 Å². The molecule has 1 aromatic carbocycles. The lowest BCUT2D eigenvalue weighted by molar-refractivity contribution is -0.141. The fraction of sp³-hybridized carbons (Fsp3) is 0.294. The number of aromatic carboxylic acids is 1. The number of anilines is 1. The molecule has 10 heteroatoms. The Morgan fingerprint density at radius 1 is 1.26 bits per heavy atom. The molecule has 1 atom stereocenters. The first-order valence-electron chi connectivity index (χ1n) is 8.01. The number of hydrogen-bond acceptors (Lipinski definition) is 5. The van der Waals surface area contributed by atoms with Crippen molar-refractivity contribution in [2.75, 3.05) is 5.32 Å². The third-order valence-electron chi connectivity index (χ3n) is 4.38. The van der Waals surface area contributed by atoms with Gasteiger partial charge in [0.05, 0.1) is 11.1 Å². The lowest BCUT2D eigenvalue weighted by Gasteiger charge is -2.27. The highest BCUT2D eigenvalue weighted by molar-refractivity contribution is 6.05. The third-order valence-corrected chi connectivity index (χ3v) is 4.38. The van der Waals surface area contributed by atoms with Crippen LogP contribution in [0.15, 0.2) is 24.4 Å². The maximum Gasteiger partial charge on any atom is 0.433 e. The van der Waals surface area contributed by atoms with Crippen LogP contribution >= 0.6 is 0 Å². The van der Waals surface area contributed by atoms with Gasteiger partial charge in [-0.15, -0.1) is 0 Å². The summed E-state index contributed by atoms with van der Waals surface area (Å²) in [6.45, 7) is 0. The van der Waals surface area contributed by atoms with E-state index < -0.39 is 23.7 Å². The number of fused-ring (bicyclic) bond motifs is 1. The largest absolute Gasteiger partial charge is 0.478 e. The first-order valence-corrected chi connectivity index (χ1v) is 8.01. The van der Waals surface area contributed by atoms with Crippen LogP contribution in [-0.4, -0.2) is 33.0 Å². The summed E-state index contributed by atoms with van der Waals surface area (Å²) >= 11 is 0. The molecule has 0 radical (unpaired) electrons. The molecule has 1 heterocycles. The first kappa shape index (κ1) is 18.6. The Kier molecular flexibility index (Phi) is 4.73. The van der Waals surface area contributed by atoms with E-state index >= 15 is 0 Å². The number of carbonyl (C=O) groups is 2. The standard InChI is InChI=1S/C17H15F3N4O3/c18-17(19,20)12-5-6-22-16(24-12)23-9-3-1-8-2-4-10(15(26)27)13(14(21)25)11(8)7-9/h2,4-6,9H,1,3,7H2,(H2,21,25)(H,26,27)(H,22,23,24). The van der Waals surface area contributed by atoms with Gasteiger partial charge in [-0.25, -0.2) is 14.8 Å². The van der Waals surface area contributed by atoms with Crippen LogP contribution in [0.1, 0.15) is 44.0 Å². The van der Waals surface area contributed by atoms with Crippen molar-refractivity contribution in [1.82, 2.24) is 9.97 Å². The number of benzene rings is 1. The average Bonchev–Trinajstić information content (AvgIpc) is 2.59. The van der Waals surface area contributed by atoms with Crippen molar-refractivity contribution in [1.29, 1.82) is 0 Å². The average molecular weight is 380 g/mol. The molecule has 1 unspecified atom stereocenters. The quantitative estimate of drug-likeness (QED) is 0.749. The van der Waals surface area contributed by atoms with Crippen molar-refractivity contribution in [3.63, 3.8) is 0 Å². The molecule has 0 spiro atoms. The maximum atomic E-state index is 12.8. The van der Waals surface area contributed by atoms with E-state index in [0.29, 0.717) is 18.4 Å². The molecule has 7 nitrogen and oxygen atoms in total. The van der Waals surface area contributed by atoms with Gasteiger partial charge in [-0.05, 0) is 42.5 Å². The highest BCUT2D eigenvalue weighted by Gasteiger charge is 2.33. The number of carbonyl (C=O) groups excluding carboxylic acids is 1. The van der Waals surface area contributed by atoms with Gasteiger partial charge in [-0.2, -0.15) is 13.2 Å². The summed E-state index contributed by atoms with van der Waals surface area (Å²) in [5.74, 6) is -2.32. The van der Waals surface area contributed by atoms with Gasteiger partial charge < -0.3 is 16.2 Å². The molecule has 0 bridgehead atoms. The van der Waals surface area contributed by atoms with Crippen LogP contribution in [0.3, 0.4) is 0 Å². The van der Waals surface area contributed by atoms with E-state index in [1.807, 2.05) is 0 Å². The van der Waals surface area contributed by atoms with Crippen LogP contribution in [0, 0.1) is 0 Å². The number of aryl methyl sites for hydroxylation is 1. The minimum Gasteiger partial charge on any atom is -0.478 e. The first-order chi connectivity index (χ1) is 12.7. The Bertz CT molecular complexity index is 915. The SMILES string of the molecule is NC(=O)c1c(C(=O)O)ccc2c1CC(Nc1nccc(C(F)(F)F)n1)CC2. The predicted molar refractivity (Wildman–Crippen MR) is 88.4 cm³/mol. The molecule has 27 heavy (non-hydrogen) atoms. The number of rotatable bonds is 4. The molecule has 3 rings (SSSR count). The van der Waals surface area contributed by atoms with Crippen LogP contribution in [0.4, 0.5) is 19.1 Å². The van der Waals surface area contributed by atoms with E-state index in [9.17, 15) is 27.9 Å². The smallest absolute Gasteiger partial charge is 0.433 e. The summed E-state index contributed by atoms with van der Waals surface area (Å²) in [5, 5.41) is 12.1. The second kappa shape index (κ2) is 6.86. The number of nitrogens with one attached hydrogen (secondary N) is 1. The van der Waals surface area contributed by atoms with E-state index in [2.05, 4.69) is 15.3 Å². The monoisotopic (exact) mass is 380 g/mol. The van der Waals surface area contributed by atoms with Crippen LogP contribution in [0.5, 0.6) is 0 Å². The number of amides is 1. The summed E-state index contributed by atoms with van der Waals surface area (Å²) in [6, 6.07) is 3.36. The Morgan fingerprint density at radius 3 is 2.63 bits per heavy atom. The minimum absolute atomic E-state index is 0.0727. The van der Waals surface area contributed by atoms with E-state index in [1.165, 1.54) is 6.07 Å². The van der Waals surface area contributed by atoms with Gasteiger partial charge in [0.25, 0.3) is 0 Å². The molecule has 1 aromatic heterocycles. The van der Waals surface area contributed by atoms with E-state index in [4.69, 9.17) is 5.73 Å². The number of halogens is 3. The molecule has 0 saturated heterocycles. The number of hydrogen-bond donors (Lipinski definition) is 3.